The molecule has 3 nitrogen and oxygen atoms in total. The molecule has 0 spiro atoms. The molecule has 0 bridgehead atoms. The second-order valence-corrected chi connectivity index (χ2v) is 4.20. The Morgan fingerprint density at radius 3 is 2.73 bits per heavy atom. The normalized spacial score (nSPS) is 13.1. The zero-order valence-electron chi connectivity index (χ0n) is 8.94. The molecule has 1 rings (SSSR count). The van der Waals surface area contributed by atoms with Crippen LogP contribution in [0.1, 0.15) is 12.5 Å². The Labute approximate surface area is 94.9 Å². The van der Waals surface area contributed by atoms with Crippen molar-refractivity contribution in [3.05, 3.63) is 28.8 Å². The van der Waals surface area contributed by atoms with Crippen LogP contribution in [-0.4, -0.2) is 34.8 Å². The van der Waals surface area contributed by atoms with Gasteiger partial charge in [0.05, 0.1) is 11.1 Å². The zero-order chi connectivity index (χ0) is 11.4. The van der Waals surface area contributed by atoms with Crippen LogP contribution in [0.4, 0.5) is 0 Å². The second kappa shape index (κ2) is 5.35. The fourth-order valence-corrected chi connectivity index (χ4v) is 1.69. The number of likely N-dealkylation sites (N-methyl/N-ethyl adjacent to an activating group) is 1. The van der Waals surface area contributed by atoms with Gasteiger partial charge in [-0.05, 0) is 20.0 Å². The number of nitrogens with zero attached hydrogens (tertiary/aromatic N) is 1. The smallest absolute Gasteiger partial charge is 0.138 e. The van der Waals surface area contributed by atoms with E-state index in [1.807, 2.05) is 18.0 Å². The first kappa shape index (κ1) is 12.3. The monoisotopic (exact) mass is 229 g/mol. The maximum Gasteiger partial charge on any atom is 0.138 e. The first-order chi connectivity index (χ1) is 7.00. The molecule has 0 saturated heterocycles. The first-order valence-electron chi connectivity index (χ1n) is 4.83. The van der Waals surface area contributed by atoms with Crippen LogP contribution in [0.5, 0.6) is 5.75 Å². The average molecular weight is 230 g/mol. The average Bonchev–Trinajstić information content (AvgIpc) is 2.11. The van der Waals surface area contributed by atoms with Crippen LogP contribution < -0.4 is 0 Å². The molecule has 0 fully saturated rings. The van der Waals surface area contributed by atoms with Crippen LogP contribution in [0.25, 0.3) is 0 Å². The Morgan fingerprint density at radius 1 is 1.47 bits per heavy atom. The fourth-order valence-electron chi connectivity index (χ4n) is 1.49. The highest BCUT2D eigenvalue weighted by Crippen LogP contribution is 2.27. The summed E-state index contributed by atoms with van der Waals surface area (Å²) < 4.78 is 0. The molecule has 0 amide bonds. The van der Waals surface area contributed by atoms with E-state index < -0.39 is 0 Å². The van der Waals surface area contributed by atoms with E-state index in [4.69, 9.17) is 11.6 Å². The molecule has 4 heteroatoms. The van der Waals surface area contributed by atoms with Crippen molar-refractivity contribution in [3.63, 3.8) is 0 Å². The van der Waals surface area contributed by atoms with Crippen molar-refractivity contribution in [3.8, 4) is 5.75 Å². The van der Waals surface area contributed by atoms with Crippen molar-refractivity contribution in [1.82, 2.24) is 4.90 Å². The van der Waals surface area contributed by atoms with Crippen LogP contribution in [-0.2, 0) is 6.54 Å². The molecule has 0 saturated carbocycles. The lowest BCUT2D eigenvalue weighted by molar-refractivity contribution is 0.138. The van der Waals surface area contributed by atoms with Gasteiger partial charge in [0.1, 0.15) is 5.75 Å². The second-order valence-electron chi connectivity index (χ2n) is 3.79. The maximum atomic E-state index is 9.66. The van der Waals surface area contributed by atoms with Gasteiger partial charge in [0.25, 0.3) is 0 Å². The van der Waals surface area contributed by atoms with Crippen molar-refractivity contribution in [2.45, 2.75) is 19.6 Å². The van der Waals surface area contributed by atoms with E-state index in [0.717, 1.165) is 5.56 Å². The van der Waals surface area contributed by atoms with Gasteiger partial charge in [0.2, 0.25) is 0 Å². The quantitative estimate of drug-likeness (QED) is 0.829. The summed E-state index contributed by atoms with van der Waals surface area (Å²) in [5.41, 5.74) is 0.769. The van der Waals surface area contributed by atoms with Gasteiger partial charge in [-0.1, -0.05) is 23.7 Å². The van der Waals surface area contributed by atoms with E-state index in [2.05, 4.69) is 0 Å². The molecule has 1 aromatic carbocycles. The minimum atomic E-state index is -0.378. The summed E-state index contributed by atoms with van der Waals surface area (Å²) in [7, 11) is 1.88. The van der Waals surface area contributed by atoms with Crippen LogP contribution >= 0.6 is 11.6 Å². The molecule has 84 valence electrons. The van der Waals surface area contributed by atoms with E-state index in [1.165, 1.54) is 0 Å². The molecular weight excluding hydrogens is 214 g/mol. The van der Waals surface area contributed by atoms with E-state index >= 15 is 0 Å². The molecule has 15 heavy (non-hydrogen) atoms. The van der Waals surface area contributed by atoms with Crippen LogP contribution in [0.15, 0.2) is 18.2 Å². The number of halogens is 1. The summed E-state index contributed by atoms with van der Waals surface area (Å²) in [4.78, 5) is 1.93. The number of aliphatic hydroxyl groups is 1. The summed E-state index contributed by atoms with van der Waals surface area (Å²) in [5, 5.41) is 19.2. The van der Waals surface area contributed by atoms with Gasteiger partial charge >= 0.3 is 0 Å². The lowest BCUT2D eigenvalue weighted by Gasteiger charge is -2.19. The molecule has 0 unspecified atom stereocenters. The predicted molar refractivity (Wildman–Crippen MR) is 61.1 cm³/mol. The Kier molecular flexibility index (Phi) is 4.39. The van der Waals surface area contributed by atoms with Crippen LogP contribution in [0, 0.1) is 0 Å². The number of rotatable bonds is 4. The number of hydrogen-bond donors (Lipinski definition) is 2. The molecule has 0 heterocycles. The molecule has 1 atom stereocenters. The molecule has 0 aromatic heterocycles. The third-order valence-electron chi connectivity index (χ3n) is 2.09. The van der Waals surface area contributed by atoms with Crippen molar-refractivity contribution in [1.29, 1.82) is 0 Å². The molecule has 1 aromatic rings. The van der Waals surface area contributed by atoms with Crippen molar-refractivity contribution in [2.75, 3.05) is 13.6 Å². The Bertz CT molecular complexity index is 328. The molecule has 0 aliphatic carbocycles. The number of phenols is 1. The summed E-state index contributed by atoms with van der Waals surface area (Å²) >= 11 is 5.79. The number of phenolic OH excluding ortho intramolecular Hbond substituents is 1. The highest BCUT2D eigenvalue weighted by Gasteiger charge is 2.09. The summed E-state index contributed by atoms with van der Waals surface area (Å²) in [6.45, 7) is 2.86. The van der Waals surface area contributed by atoms with Crippen molar-refractivity contribution in [2.24, 2.45) is 0 Å². The highest BCUT2D eigenvalue weighted by molar-refractivity contribution is 6.32. The third kappa shape index (κ3) is 3.70. The van der Waals surface area contributed by atoms with Crippen molar-refractivity contribution >= 4 is 11.6 Å². The van der Waals surface area contributed by atoms with Gasteiger partial charge in [-0.15, -0.1) is 0 Å². The van der Waals surface area contributed by atoms with Crippen molar-refractivity contribution < 1.29 is 10.2 Å². The number of hydrogen-bond acceptors (Lipinski definition) is 3. The Morgan fingerprint density at radius 2 is 2.13 bits per heavy atom. The summed E-state index contributed by atoms with van der Waals surface area (Å²) in [6, 6.07) is 5.27. The van der Waals surface area contributed by atoms with Crippen LogP contribution in [0.3, 0.4) is 0 Å². The third-order valence-corrected chi connectivity index (χ3v) is 2.39. The highest BCUT2D eigenvalue weighted by atomic mass is 35.5. The molecule has 0 aliphatic rings. The lowest BCUT2D eigenvalue weighted by atomic mass is 10.2. The fraction of sp³-hybridized carbons (Fsp3) is 0.455. The molecule has 2 N–H and O–H groups in total. The van der Waals surface area contributed by atoms with E-state index in [-0.39, 0.29) is 11.9 Å². The van der Waals surface area contributed by atoms with Crippen LogP contribution in [0.2, 0.25) is 5.02 Å². The summed E-state index contributed by atoms with van der Waals surface area (Å²) in [6.07, 6.45) is -0.378. The lowest BCUT2D eigenvalue weighted by Crippen LogP contribution is -2.26. The maximum absolute atomic E-state index is 9.66. The Balaban J connectivity index is 2.68. The summed E-state index contributed by atoms with van der Waals surface area (Å²) in [5.74, 6) is 0.122. The number of benzene rings is 1. The standard InChI is InChI=1S/C11H16ClNO2/c1-8(14)6-13(2)7-9-4-3-5-10(12)11(9)15/h3-5,8,14-15H,6-7H2,1-2H3/t8-/m0/s1. The van der Waals surface area contributed by atoms with E-state index in [9.17, 15) is 10.2 Å². The van der Waals surface area contributed by atoms with E-state index in [1.54, 1.807) is 19.1 Å². The Hall–Kier alpha value is -0.770. The zero-order valence-corrected chi connectivity index (χ0v) is 9.70. The van der Waals surface area contributed by atoms with Gasteiger partial charge in [-0.2, -0.15) is 0 Å². The SMILES string of the molecule is C[C@H](O)CN(C)Cc1cccc(Cl)c1O. The number of aliphatic hydroxyl groups excluding tert-OH is 1. The molecular formula is C11H16ClNO2. The minimum Gasteiger partial charge on any atom is -0.506 e. The minimum absolute atomic E-state index is 0.122. The molecule has 0 radical (unpaired) electrons. The van der Waals surface area contributed by atoms with Gasteiger partial charge < -0.3 is 10.2 Å². The van der Waals surface area contributed by atoms with Gasteiger partial charge in [-0.25, -0.2) is 0 Å². The van der Waals surface area contributed by atoms with Gasteiger partial charge in [-0.3, -0.25) is 4.90 Å². The van der Waals surface area contributed by atoms with Gasteiger partial charge in [0.15, 0.2) is 0 Å². The largest absolute Gasteiger partial charge is 0.506 e. The predicted octanol–water partition coefficient (Wildman–Crippen LogP) is 1.86. The molecule has 0 aliphatic heterocycles. The number of para-hydroxylation sites is 1. The first-order valence-corrected chi connectivity index (χ1v) is 5.21. The van der Waals surface area contributed by atoms with E-state index in [0.29, 0.717) is 18.1 Å². The topological polar surface area (TPSA) is 43.7 Å². The van der Waals surface area contributed by atoms with Gasteiger partial charge in [0, 0.05) is 18.7 Å². The number of aromatic hydroxyl groups is 1.